The van der Waals surface area contributed by atoms with E-state index in [4.69, 9.17) is 9.97 Å². The number of nitrogens with zero attached hydrogens (tertiary/aromatic N) is 3. The number of nitrogens with one attached hydrogen (secondary N) is 2. The topological polar surface area (TPSA) is 77.4 Å². The predicted molar refractivity (Wildman–Crippen MR) is 127 cm³/mol. The normalized spacial score (nSPS) is 21.5. The van der Waals surface area contributed by atoms with Crippen molar-refractivity contribution in [3.63, 3.8) is 0 Å². The number of hydrogen-bond donors (Lipinski definition) is 2. The summed E-state index contributed by atoms with van der Waals surface area (Å²) < 4.78 is 28.4. The van der Waals surface area contributed by atoms with Gasteiger partial charge in [0.05, 0.1) is 22.8 Å². The van der Waals surface area contributed by atoms with Gasteiger partial charge < -0.3 is 10.3 Å². The Hall–Kier alpha value is -3.79. The number of halogens is 2. The summed E-state index contributed by atoms with van der Waals surface area (Å²) in [7, 11) is 0. The predicted octanol–water partition coefficient (Wildman–Crippen LogP) is 6.43. The zero-order chi connectivity index (χ0) is 23.2. The maximum atomic E-state index is 14.3. The first kappa shape index (κ1) is 20.8. The molecule has 7 heteroatoms. The molecule has 170 valence electrons. The number of aromatic nitrogens is 3. The zero-order valence-electron chi connectivity index (χ0n) is 18.5. The van der Waals surface area contributed by atoms with Crippen LogP contribution in [0.4, 0.5) is 14.6 Å². The van der Waals surface area contributed by atoms with Crippen molar-refractivity contribution in [1.29, 1.82) is 5.26 Å². The maximum Gasteiger partial charge on any atom is 0.164 e. The van der Waals surface area contributed by atoms with Crippen LogP contribution in [0.2, 0.25) is 0 Å². The van der Waals surface area contributed by atoms with Crippen molar-refractivity contribution in [3.8, 4) is 28.7 Å². The second-order valence-corrected chi connectivity index (χ2v) is 9.40. The van der Waals surface area contributed by atoms with Gasteiger partial charge in [-0.05, 0) is 43.2 Å². The Labute approximate surface area is 195 Å². The Morgan fingerprint density at radius 2 is 1.82 bits per heavy atom. The van der Waals surface area contributed by atoms with E-state index < -0.39 is 11.6 Å². The van der Waals surface area contributed by atoms with Gasteiger partial charge in [-0.1, -0.05) is 31.0 Å². The molecule has 2 aromatic carbocycles. The SMILES string of the molecule is N#Cc1ccccc1-c1cc(NC2CC3CCC2CC3)nc(-c2c[nH]c3c(F)cc(F)cc23)n1. The second-order valence-electron chi connectivity index (χ2n) is 9.40. The lowest BCUT2D eigenvalue weighted by molar-refractivity contribution is 0.157. The largest absolute Gasteiger partial charge is 0.367 e. The third kappa shape index (κ3) is 3.60. The lowest BCUT2D eigenvalue weighted by Gasteiger charge is -2.42. The van der Waals surface area contributed by atoms with E-state index in [1.54, 1.807) is 12.3 Å². The molecular weight excluding hydrogens is 432 g/mol. The lowest BCUT2D eigenvalue weighted by atomic mass is 9.68. The molecule has 2 N–H and O–H groups in total. The van der Waals surface area contributed by atoms with Crippen LogP contribution in [0.3, 0.4) is 0 Å². The van der Waals surface area contributed by atoms with Crippen molar-refractivity contribution in [3.05, 3.63) is 65.9 Å². The third-order valence-corrected chi connectivity index (χ3v) is 7.38. The van der Waals surface area contributed by atoms with Crippen molar-refractivity contribution in [2.45, 2.75) is 38.1 Å². The number of anilines is 1. The summed E-state index contributed by atoms with van der Waals surface area (Å²) >= 11 is 0. The highest BCUT2D eigenvalue weighted by Crippen LogP contribution is 2.42. The Bertz CT molecular complexity index is 1430. The van der Waals surface area contributed by atoms with Crippen LogP contribution in [0.5, 0.6) is 0 Å². The number of aromatic amines is 1. The van der Waals surface area contributed by atoms with Gasteiger partial charge in [-0.25, -0.2) is 18.7 Å². The van der Waals surface area contributed by atoms with E-state index in [9.17, 15) is 14.0 Å². The summed E-state index contributed by atoms with van der Waals surface area (Å²) in [5.74, 6) is 1.07. The van der Waals surface area contributed by atoms with Crippen molar-refractivity contribution in [2.75, 3.05) is 5.32 Å². The summed E-state index contributed by atoms with van der Waals surface area (Å²) in [5, 5.41) is 13.7. The number of H-pyrrole nitrogens is 1. The Morgan fingerprint density at radius 1 is 1.00 bits per heavy atom. The molecule has 4 aromatic rings. The summed E-state index contributed by atoms with van der Waals surface area (Å²) in [6.07, 6.45) is 7.78. The summed E-state index contributed by atoms with van der Waals surface area (Å²) in [5.41, 5.74) is 2.52. The van der Waals surface area contributed by atoms with Crippen molar-refractivity contribution in [2.24, 2.45) is 11.8 Å². The first-order chi connectivity index (χ1) is 16.6. The van der Waals surface area contributed by atoms with Gasteiger partial charge in [0.15, 0.2) is 5.82 Å². The molecule has 1 atom stereocenters. The molecule has 1 unspecified atom stereocenters. The monoisotopic (exact) mass is 455 g/mol. The van der Waals surface area contributed by atoms with E-state index in [-0.39, 0.29) is 5.52 Å². The Kier molecular flexibility index (Phi) is 5.02. The van der Waals surface area contributed by atoms with E-state index in [0.29, 0.717) is 51.4 Å². The summed E-state index contributed by atoms with van der Waals surface area (Å²) in [6.45, 7) is 0. The summed E-state index contributed by atoms with van der Waals surface area (Å²) in [6, 6.07) is 13.9. The quantitative estimate of drug-likeness (QED) is 0.372. The molecule has 0 saturated heterocycles. The van der Waals surface area contributed by atoms with Crippen molar-refractivity contribution in [1.82, 2.24) is 15.0 Å². The molecule has 3 aliphatic carbocycles. The fraction of sp³-hybridized carbons (Fsp3) is 0.296. The molecule has 3 aliphatic rings. The van der Waals surface area contributed by atoms with Crippen LogP contribution >= 0.6 is 0 Å². The van der Waals surface area contributed by atoms with Gasteiger partial charge in [-0.15, -0.1) is 0 Å². The minimum atomic E-state index is -0.663. The molecule has 2 aromatic heterocycles. The van der Waals surface area contributed by atoms with E-state index in [1.807, 2.05) is 24.3 Å². The highest BCUT2D eigenvalue weighted by Gasteiger charge is 2.35. The van der Waals surface area contributed by atoms with Crippen LogP contribution in [-0.4, -0.2) is 21.0 Å². The van der Waals surface area contributed by atoms with Crippen molar-refractivity contribution < 1.29 is 8.78 Å². The van der Waals surface area contributed by atoms with Crippen LogP contribution in [0.1, 0.15) is 37.7 Å². The van der Waals surface area contributed by atoms with Crippen LogP contribution in [-0.2, 0) is 0 Å². The molecule has 3 saturated carbocycles. The molecule has 0 spiro atoms. The molecule has 3 fully saturated rings. The first-order valence-electron chi connectivity index (χ1n) is 11.7. The molecule has 2 bridgehead atoms. The smallest absolute Gasteiger partial charge is 0.164 e. The molecule has 0 radical (unpaired) electrons. The van der Waals surface area contributed by atoms with Gasteiger partial charge in [0, 0.05) is 40.9 Å². The standard InChI is InChI=1S/C27H23F2N5/c28-18-10-20-21(14-31-26(20)22(29)11-18)27-33-24(19-4-2-1-3-17(19)13-30)12-25(34-27)32-23-9-15-5-7-16(23)8-6-15/h1-4,10-12,14-16,23,31H,5-9H2,(H,32,33,34). The van der Waals surface area contributed by atoms with E-state index in [0.717, 1.165) is 18.4 Å². The fourth-order valence-electron chi connectivity index (χ4n) is 5.67. The number of benzene rings is 2. The van der Waals surface area contributed by atoms with Gasteiger partial charge in [0.25, 0.3) is 0 Å². The zero-order valence-corrected chi connectivity index (χ0v) is 18.5. The Morgan fingerprint density at radius 3 is 2.59 bits per heavy atom. The van der Waals surface area contributed by atoms with Crippen LogP contribution in [0.15, 0.2) is 48.7 Å². The van der Waals surface area contributed by atoms with Gasteiger partial charge in [0.1, 0.15) is 17.5 Å². The van der Waals surface area contributed by atoms with Gasteiger partial charge >= 0.3 is 0 Å². The molecular formula is C27H23F2N5. The van der Waals surface area contributed by atoms with E-state index in [2.05, 4.69) is 16.4 Å². The van der Waals surface area contributed by atoms with Crippen LogP contribution < -0.4 is 5.32 Å². The van der Waals surface area contributed by atoms with Crippen LogP contribution in [0, 0.1) is 34.8 Å². The average molecular weight is 456 g/mol. The fourth-order valence-corrected chi connectivity index (χ4v) is 5.67. The Balaban J connectivity index is 1.49. The van der Waals surface area contributed by atoms with Crippen LogP contribution in [0.25, 0.3) is 33.5 Å². The third-order valence-electron chi connectivity index (χ3n) is 7.38. The molecule has 0 aliphatic heterocycles. The highest BCUT2D eigenvalue weighted by atomic mass is 19.1. The number of rotatable bonds is 4. The molecule has 2 heterocycles. The minimum absolute atomic E-state index is 0.210. The average Bonchev–Trinajstić information content (AvgIpc) is 3.29. The number of hydrogen-bond acceptors (Lipinski definition) is 4. The maximum absolute atomic E-state index is 14.3. The number of fused-ring (bicyclic) bond motifs is 4. The minimum Gasteiger partial charge on any atom is -0.367 e. The molecule has 5 nitrogen and oxygen atoms in total. The van der Waals surface area contributed by atoms with Gasteiger partial charge in [0.2, 0.25) is 0 Å². The summed E-state index contributed by atoms with van der Waals surface area (Å²) in [4.78, 5) is 12.4. The van der Waals surface area contributed by atoms with Crippen molar-refractivity contribution >= 4 is 16.7 Å². The van der Waals surface area contributed by atoms with E-state index >= 15 is 0 Å². The van der Waals surface area contributed by atoms with E-state index in [1.165, 1.54) is 31.7 Å². The molecule has 34 heavy (non-hydrogen) atoms. The van der Waals surface area contributed by atoms with Gasteiger partial charge in [-0.3, -0.25) is 0 Å². The highest BCUT2D eigenvalue weighted by molar-refractivity contribution is 5.94. The van der Waals surface area contributed by atoms with Gasteiger partial charge in [-0.2, -0.15) is 5.26 Å². The first-order valence-corrected chi connectivity index (χ1v) is 11.7. The molecule has 7 rings (SSSR count). The number of nitriles is 1. The lowest BCUT2D eigenvalue weighted by Crippen LogP contribution is -2.40. The molecule has 0 amide bonds. The second kappa shape index (κ2) is 8.21.